The summed E-state index contributed by atoms with van der Waals surface area (Å²) < 4.78 is 0. The van der Waals surface area contributed by atoms with E-state index < -0.39 is 18.9 Å². The van der Waals surface area contributed by atoms with Crippen molar-refractivity contribution in [2.75, 3.05) is 12.3 Å². The van der Waals surface area contributed by atoms with E-state index in [1.54, 1.807) is 19.1 Å². The van der Waals surface area contributed by atoms with E-state index in [1.165, 1.54) is 22.4 Å². The number of non-ortho nitro benzene ring substituents is 1. The number of para-hydroxylation sites is 1. The number of fused-ring (bicyclic) bond motifs is 2. The molecule has 2 radical (unpaired) electrons. The molecule has 4 aromatic rings. The third kappa shape index (κ3) is 9.98. The topological polar surface area (TPSA) is 133 Å². The molecule has 0 bridgehead atoms. The minimum absolute atomic E-state index is 0. The van der Waals surface area contributed by atoms with Crippen molar-refractivity contribution < 1.29 is 15.5 Å². The molecule has 1 aliphatic heterocycles. The van der Waals surface area contributed by atoms with Crippen LogP contribution in [-0.2, 0) is 6.42 Å². The summed E-state index contributed by atoms with van der Waals surface area (Å²) in [5, 5.41) is 20.6. The second-order valence-electron chi connectivity index (χ2n) is 8.71. The Labute approximate surface area is 256 Å². The molecule has 2 aliphatic rings. The summed E-state index contributed by atoms with van der Waals surface area (Å²) in [6.45, 7) is 1.93. The second-order valence-corrected chi connectivity index (χ2v) is 13.0. The van der Waals surface area contributed by atoms with Crippen molar-refractivity contribution >= 4 is 65.8 Å². The normalized spacial score (nSPS) is 13.4. The van der Waals surface area contributed by atoms with Crippen molar-refractivity contribution in [3.8, 4) is 0 Å². The maximum absolute atomic E-state index is 10.8. The number of aliphatic hydroxyl groups excluding tert-OH is 1. The van der Waals surface area contributed by atoms with Gasteiger partial charge in [0.1, 0.15) is 0 Å². The van der Waals surface area contributed by atoms with E-state index in [0.717, 1.165) is 34.2 Å². The van der Waals surface area contributed by atoms with E-state index in [9.17, 15) is 10.1 Å². The number of nitro groups is 1. The summed E-state index contributed by atoms with van der Waals surface area (Å²) in [5.74, 6) is 0. The van der Waals surface area contributed by atoms with Gasteiger partial charge in [-0.2, -0.15) is 0 Å². The summed E-state index contributed by atoms with van der Waals surface area (Å²) in [6.07, 6.45) is 5.12. The quantitative estimate of drug-likeness (QED) is 0.130. The predicted molar refractivity (Wildman–Crippen MR) is 170 cm³/mol. The van der Waals surface area contributed by atoms with Crippen LogP contribution in [0, 0.1) is 10.1 Å². The van der Waals surface area contributed by atoms with Crippen LogP contribution in [0.15, 0.2) is 102 Å². The number of rotatable bonds is 3. The molecule has 0 saturated heterocycles. The van der Waals surface area contributed by atoms with Crippen LogP contribution in [0.1, 0.15) is 35.2 Å². The van der Waals surface area contributed by atoms with Gasteiger partial charge in [-0.25, -0.2) is 0 Å². The van der Waals surface area contributed by atoms with E-state index >= 15 is 0 Å². The monoisotopic (exact) mass is 699 g/mol. The van der Waals surface area contributed by atoms with Crippen molar-refractivity contribution in [2.24, 2.45) is 4.99 Å². The van der Waals surface area contributed by atoms with Crippen molar-refractivity contribution in [2.45, 2.75) is 19.4 Å². The molecule has 1 heterocycles. The first kappa shape index (κ1) is 34.0. The Hall–Kier alpha value is -3.21. The molecule has 6 rings (SSSR count). The zero-order valence-corrected chi connectivity index (χ0v) is 26.7. The molecule has 4 aromatic carbocycles. The average Bonchev–Trinajstić information content (AvgIpc) is 3.59. The molecule has 212 valence electrons. The fraction of sp³-hybridized carbons (Fsp3) is 0.129. The second kappa shape index (κ2) is 17.6. The molecule has 1 aliphatic carbocycles. The molecular formula is C31H31Cl2N3O4Sn. The molecule has 10 heteroatoms. The van der Waals surface area contributed by atoms with Gasteiger partial charge in [-0.1, -0.05) is 72.8 Å². The number of nitrogen functional groups attached to an aromatic ring is 1. The first-order chi connectivity index (χ1) is 19.4. The number of nitrogens with two attached hydrogens (primary N) is 1. The number of nitrogens with zero attached hydrogens (tertiary/aromatic N) is 2. The van der Waals surface area contributed by atoms with Crippen LogP contribution in [0.25, 0.3) is 17.7 Å². The predicted octanol–water partition coefficient (Wildman–Crippen LogP) is 5.29. The van der Waals surface area contributed by atoms with E-state index in [1.807, 2.05) is 54.6 Å². The minimum atomic E-state index is -0.826. The van der Waals surface area contributed by atoms with Gasteiger partial charge in [0.2, 0.25) is 0 Å². The number of aliphatic hydroxyl groups is 1. The molecule has 0 spiro atoms. The number of benzene rings is 4. The van der Waals surface area contributed by atoms with Crippen molar-refractivity contribution in [1.82, 2.24) is 0 Å². The molecule has 5 N–H and O–H groups in total. The van der Waals surface area contributed by atoms with E-state index in [4.69, 9.17) is 28.7 Å². The van der Waals surface area contributed by atoms with Crippen molar-refractivity contribution in [3.05, 3.63) is 140 Å². The summed E-state index contributed by atoms with van der Waals surface area (Å²) in [6, 6.07) is 31.2. The van der Waals surface area contributed by atoms with Crippen LogP contribution in [-0.4, -0.2) is 41.0 Å². The number of anilines is 1. The van der Waals surface area contributed by atoms with Crippen LogP contribution in [0.4, 0.5) is 11.4 Å². The van der Waals surface area contributed by atoms with Gasteiger partial charge in [0.15, 0.2) is 0 Å². The van der Waals surface area contributed by atoms with Gasteiger partial charge in [0, 0.05) is 24.4 Å². The van der Waals surface area contributed by atoms with Gasteiger partial charge in [0.25, 0.3) is 5.69 Å². The van der Waals surface area contributed by atoms with Gasteiger partial charge in [-0.3, -0.25) is 15.1 Å². The van der Waals surface area contributed by atoms with Gasteiger partial charge < -0.3 is 16.3 Å². The molecule has 0 aromatic heterocycles. The SMILES string of the molecule is CCO.Nc1cccc(C2C=c3ccccc3=N2)c1.O.O=[N+]([O-])c1cccc(C2=Cc3ccccc3C2)c1.[Cl][Sn][Cl]. The molecule has 1 atom stereocenters. The molecule has 7 nitrogen and oxygen atoms in total. The Bertz CT molecular complexity index is 1560. The third-order valence-corrected chi connectivity index (χ3v) is 6.00. The van der Waals surface area contributed by atoms with Crippen LogP contribution < -0.4 is 16.3 Å². The maximum atomic E-state index is 10.8. The van der Waals surface area contributed by atoms with Crippen LogP contribution in [0.5, 0.6) is 0 Å². The van der Waals surface area contributed by atoms with Gasteiger partial charge >= 0.3 is 36.7 Å². The first-order valence-corrected chi connectivity index (χ1v) is 19.7. The number of halogens is 2. The zero-order valence-electron chi connectivity index (χ0n) is 22.4. The Morgan fingerprint density at radius 2 is 1.66 bits per heavy atom. The Kier molecular flexibility index (Phi) is 14.6. The van der Waals surface area contributed by atoms with E-state index in [0.29, 0.717) is 0 Å². The Morgan fingerprint density at radius 3 is 2.32 bits per heavy atom. The molecule has 1 unspecified atom stereocenters. The van der Waals surface area contributed by atoms with Gasteiger partial charge in [-0.15, -0.1) is 0 Å². The molecular weight excluding hydrogens is 668 g/mol. The van der Waals surface area contributed by atoms with Gasteiger partial charge in [0.05, 0.1) is 16.3 Å². The van der Waals surface area contributed by atoms with Crippen LogP contribution in [0.3, 0.4) is 0 Å². The number of hydrogen-bond donors (Lipinski definition) is 2. The Balaban J connectivity index is 0.000000237. The van der Waals surface area contributed by atoms with E-state index in [2.05, 4.69) is 41.4 Å². The molecule has 41 heavy (non-hydrogen) atoms. The molecule has 0 amide bonds. The van der Waals surface area contributed by atoms with Crippen molar-refractivity contribution in [1.29, 1.82) is 0 Å². The fourth-order valence-corrected chi connectivity index (χ4v) is 4.30. The van der Waals surface area contributed by atoms with Gasteiger partial charge in [-0.05, 0) is 70.7 Å². The first-order valence-electron chi connectivity index (χ1n) is 12.5. The third-order valence-electron chi connectivity index (χ3n) is 6.00. The summed E-state index contributed by atoms with van der Waals surface area (Å²) in [4.78, 5) is 15.1. The van der Waals surface area contributed by atoms with Crippen molar-refractivity contribution in [3.63, 3.8) is 0 Å². The molecule has 0 saturated carbocycles. The number of allylic oxidation sites excluding steroid dienone is 1. The summed E-state index contributed by atoms with van der Waals surface area (Å²) >= 11 is -0.826. The number of hydrogen-bond acceptors (Lipinski definition) is 5. The Morgan fingerprint density at radius 1 is 1.00 bits per heavy atom. The standard InChI is InChI=1S/C15H11NO2.C14H12N2.C2H6O.2ClH.H2O.Sn/c17-16(18)15-7-3-6-13(10-15)14-8-11-4-1-2-5-12(11)9-14;15-12-6-3-5-10(8-12)14-9-11-4-1-2-7-13(11)16-14;1-2-3;;;;/h1-8,10H,9H2;1-9,14H,15H2;3H,2H2,1H3;2*1H;1H2;/q;;;;;;+2/p-2. The van der Waals surface area contributed by atoms with Crippen LogP contribution >= 0.6 is 17.8 Å². The number of nitro benzene ring substituents is 1. The summed E-state index contributed by atoms with van der Waals surface area (Å²) in [7, 11) is 9.87. The zero-order chi connectivity index (χ0) is 28.9. The fourth-order valence-electron chi connectivity index (χ4n) is 4.30. The van der Waals surface area contributed by atoms with E-state index in [-0.39, 0.29) is 28.7 Å². The summed E-state index contributed by atoms with van der Waals surface area (Å²) in [5.41, 5.74) is 12.4. The molecule has 0 fully saturated rings. The average molecular weight is 699 g/mol. The van der Waals surface area contributed by atoms with Crippen LogP contribution in [0.2, 0.25) is 0 Å².